The van der Waals surface area contributed by atoms with Crippen molar-refractivity contribution in [3.8, 4) is 0 Å². The molecule has 2 aliphatic rings. The van der Waals surface area contributed by atoms with E-state index in [1.54, 1.807) is 0 Å². The molecule has 0 aromatic carbocycles. The molecule has 0 aromatic heterocycles. The molecule has 5 unspecified atom stereocenters. The maximum atomic E-state index is 9.15. The highest BCUT2D eigenvalue weighted by atomic mass is 32.2. The zero-order valence-corrected chi connectivity index (χ0v) is 17.1. The van der Waals surface area contributed by atoms with Crippen LogP contribution in [0, 0.1) is 0 Å². The molecule has 5 atom stereocenters. The molecule has 0 aromatic rings. The highest BCUT2D eigenvalue weighted by molar-refractivity contribution is 8.22. The van der Waals surface area contributed by atoms with Crippen LogP contribution in [-0.2, 0) is 0 Å². The van der Waals surface area contributed by atoms with Crippen molar-refractivity contribution in [3.05, 3.63) is 0 Å². The fourth-order valence-electron chi connectivity index (χ4n) is 2.00. The molecule has 0 spiro atoms. The number of hydrogen-bond acceptors (Lipinski definition) is 8. The van der Waals surface area contributed by atoms with Crippen LogP contribution in [0.25, 0.3) is 0 Å². The van der Waals surface area contributed by atoms with Gasteiger partial charge in [-0.05, 0) is 0 Å². The molecule has 21 heavy (non-hydrogen) atoms. The molecule has 8 heteroatoms. The molecule has 2 aliphatic heterocycles. The molecule has 0 bridgehead atoms. The van der Waals surface area contributed by atoms with Crippen LogP contribution in [0.1, 0.15) is 6.92 Å². The Labute approximate surface area is 153 Å². The number of hydrogen-bond donors (Lipinski definition) is 2. The van der Waals surface area contributed by atoms with Crippen LogP contribution in [0.4, 0.5) is 0 Å². The summed E-state index contributed by atoms with van der Waals surface area (Å²) in [4.78, 5) is 0. The quantitative estimate of drug-likeness (QED) is 0.607. The summed E-state index contributed by atoms with van der Waals surface area (Å²) < 4.78 is 1.35. The van der Waals surface area contributed by atoms with Crippen molar-refractivity contribution in [1.82, 2.24) is 0 Å². The molecular formula is C13H24O2S6. The summed E-state index contributed by atoms with van der Waals surface area (Å²) in [6.07, 6.45) is 0. The SMILES string of the molecule is CC(CSCC1SCC(CO)S1)SCC1SCC(CO)S1. The van der Waals surface area contributed by atoms with Crippen molar-refractivity contribution in [2.45, 2.75) is 31.8 Å². The molecule has 2 nitrogen and oxygen atoms in total. The van der Waals surface area contributed by atoms with E-state index in [1.807, 2.05) is 47.0 Å². The first kappa shape index (κ1) is 19.3. The van der Waals surface area contributed by atoms with Gasteiger partial charge < -0.3 is 10.2 Å². The van der Waals surface area contributed by atoms with E-state index in [0.29, 0.717) is 38.1 Å². The average molecular weight is 405 g/mol. The Morgan fingerprint density at radius 2 is 1.57 bits per heavy atom. The van der Waals surface area contributed by atoms with Gasteiger partial charge in [-0.2, -0.15) is 23.5 Å². The third-order valence-electron chi connectivity index (χ3n) is 3.16. The van der Waals surface area contributed by atoms with E-state index in [1.165, 1.54) is 17.3 Å². The molecule has 2 fully saturated rings. The second kappa shape index (κ2) is 10.8. The van der Waals surface area contributed by atoms with Gasteiger partial charge in [-0.3, -0.25) is 0 Å². The maximum Gasteiger partial charge on any atom is 0.0597 e. The maximum absolute atomic E-state index is 9.15. The lowest BCUT2D eigenvalue weighted by atomic mass is 10.5. The van der Waals surface area contributed by atoms with Crippen LogP contribution in [0.2, 0.25) is 0 Å². The standard InChI is InChI=1S/C13H24O2S6/c1-9(17-8-13-19-6-11(3-15)21-13)4-16-7-12-18-5-10(2-14)20-12/h9-15H,2-8H2,1H3. The summed E-state index contributed by atoms with van der Waals surface area (Å²) in [6, 6.07) is 0. The number of aliphatic hydroxyl groups excluding tert-OH is 2. The van der Waals surface area contributed by atoms with E-state index in [0.717, 1.165) is 11.5 Å². The monoisotopic (exact) mass is 404 g/mol. The summed E-state index contributed by atoms with van der Waals surface area (Å²) in [5.41, 5.74) is 0. The highest BCUT2D eigenvalue weighted by Gasteiger charge is 2.26. The van der Waals surface area contributed by atoms with Crippen LogP contribution in [-0.4, -0.2) is 77.1 Å². The Hall–Kier alpha value is 2.02. The van der Waals surface area contributed by atoms with Gasteiger partial charge in [-0.15, -0.1) is 47.0 Å². The van der Waals surface area contributed by atoms with Crippen LogP contribution < -0.4 is 0 Å². The van der Waals surface area contributed by atoms with Gasteiger partial charge in [0, 0.05) is 44.5 Å². The van der Waals surface area contributed by atoms with E-state index in [-0.39, 0.29) is 0 Å². The molecule has 2 saturated heterocycles. The average Bonchev–Trinajstić information content (AvgIpc) is 3.14. The fourth-order valence-corrected chi connectivity index (χ4v) is 11.5. The minimum absolute atomic E-state index is 0.329. The zero-order chi connectivity index (χ0) is 15.1. The molecular weight excluding hydrogens is 381 g/mol. The molecule has 0 aliphatic carbocycles. The van der Waals surface area contributed by atoms with Gasteiger partial charge >= 0.3 is 0 Å². The number of aliphatic hydroxyl groups is 2. The summed E-state index contributed by atoms with van der Waals surface area (Å²) in [7, 11) is 0. The van der Waals surface area contributed by atoms with Crippen LogP contribution >= 0.6 is 70.6 Å². The van der Waals surface area contributed by atoms with Crippen molar-refractivity contribution < 1.29 is 10.2 Å². The van der Waals surface area contributed by atoms with E-state index in [9.17, 15) is 0 Å². The molecule has 0 amide bonds. The minimum atomic E-state index is 0.329. The van der Waals surface area contributed by atoms with Crippen molar-refractivity contribution in [1.29, 1.82) is 0 Å². The van der Waals surface area contributed by atoms with Gasteiger partial charge in [0.1, 0.15) is 0 Å². The Balaban J connectivity index is 1.49. The van der Waals surface area contributed by atoms with Gasteiger partial charge in [-0.1, -0.05) is 6.92 Å². The van der Waals surface area contributed by atoms with Gasteiger partial charge in [-0.25, -0.2) is 0 Å². The summed E-state index contributed by atoms with van der Waals surface area (Å²) in [5, 5.41) is 19.9. The Morgan fingerprint density at radius 3 is 2.10 bits per heavy atom. The van der Waals surface area contributed by atoms with Gasteiger partial charge in [0.2, 0.25) is 0 Å². The predicted molar refractivity (Wildman–Crippen MR) is 109 cm³/mol. The lowest BCUT2D eigenvalue weighted by Crippen LogP contribution is -2.10. The molecule has 2 rings (SSSR count). The second-order valence-corrected chi connectivity index (χ2v) is 13.7. The van der Waals surface area contributed by atoms with Gasteiger partial charge in [0.15, 0.2) is 0 Å². The first-order valence-corrected chi connectivity index (χ1v) is 13.3. The third kappa shape index (κ3) is 7.20. The van der Waals surface area contributed by atoms with E-state index in [2.05, 4.69) is 30.4 Å². The van der Waals surface area contributed by atoms with Crippen LogP contribution in [0.15, 0.2) is 0 Å². The van der Waals surface area contributed by atoms with Crippen molar-refractivity contribution in [3.63, 3.8) is 0 Å². The Morgan fingerprint density at radius 1 is 1.00 bits per heavy atom. The smallest absolute Gasteiger partial charge is 0.0597 e. The van der Waals surface area contributed by atoms with Crippen molar-refractivity contribution in [2.24, 2.45) is 0 Å². The lowest BCUT2D eigenvalue weighted by Gasteiger charge is -2.15. The topological polar surface area (TPSA) is 40.5 Å². The Bertz CT molecular complexity index is 296. The molecule has 0 radical (unpaired) electrons. The summed E-state index contributed by atoms with van der Waals surface area (Å²) >= 11 is 12.1. The highest BCUT2D eigenvalue weighted by Crippen LogP contribution is 2.41. The van der Waals surface area contributed by atoms with E-state index in [4.69, 9.17) is 10.2 Å². The molecule has 124 valence electrons. The van der Waals surface area contributed by atoms with Crippen molar-refractivity contribution >= 4 is 70.6 Å². The fraction of sp³-hybridized carbons (Fsp3) is 1.00. The van der Waals surface area contributed by atoms with Gasteiger partial charge in [0.25, 0.3) is 0 Å². The van der Waals surface area contributed by atoms with Crippen LogP contribution in [0.3, 0.4) is 0 Å². The molecule has 2 heterocycles. The van der Waals surface area contributed by atoms with Crippen molar-refractivity contribution in [2.75, 3.05) is 42.0 Å². The Kier molecular flexibility index (Phi) is 9.95. The van der Waals surface area contributed by atoms with Gasteiger partial charge in [0.05, 0.1) is 22.4 Å². The first-order valence-electron chi connectivity index (χ1n) is 7.16. The molecule has 0 saturated carbocycles. The number of rotatable bonds is 9. The second-order valence-electron chi connectivity index (χ2n) is 5.09. The molecule has 2 N–H and O–H groups in total. The third-order valence-corrected chi connectivity index (χ3v) is 13.3. The summed E-state index contributed by atoms with van der Waals surface area (Å²) in [6.45, 7) is 2.99. The zero-order valence-electron chi connectivity index (χ0n) is 12.2. The van der Waals surface area contributed by atoms with E-state index >= 15 is 0 Å². The predicted octanol–water partition coefficient (Wildman–Crippen LogP) is 3.18. The first-order chi connectivity index (χ1) is 10.2. The summed E-state index contributed by atoms with van der Waals surface area (Å²) in [5.74, 6) is 5.84. The normalized spacial score (nSPS) is 34.4. The number of thioether (sulfide) groups is 6. The minimum Gasteiger partial charge on any atom is -0.395 e. The lowest BCUT2D eigenvalue weighted by molar-refractivity contribution is 0.301. The van der Waals surface area contributed by atoms with Crippen LogP contribution in [0.5, 0.6) is 0 Å². The largest absolute Gasteiger partial charge is 0.395 e. The van der Waals surface area contributed by atoms with E-state index < -0.39 is 0 Å².